The molecule has 0 aliphatic carbocycles. The molecule has 0 amide bonds. The van der Waals surface area contributed by atoms with Crippen LogP contribution in [-0.4, -0.2) is 60.0 Å². The Hall–Kier alpha value is -11.0. The van der Waals surface area contributed by atoms with E-state index in [1.807, 2.05) is 152 Å². The highest BCUT2D eigenvalue weighted by molar-refractivity contribution is 6.02. The van der Waals surface area contributed by atoms with Crippen LogP contribution in [0, 0.1) is 0 Å². The summed E-state index contributed by atoms with van der Waals surface area (Å²) in [5.41, 5.74) is 4.17. The van der Waals surface area contributed by atoms with Crippen LogP contribution in [0.4, 0.5) is 0 Å². The molecule has 0 radical (unpaired) electrons. The van der Waals surface area contributed by atoms with E-state index in [4.69, 9.17) is 63.4 Å². The molecule has 1 N–H and O–H groups in total. The predicted octanol–water partition coefficient (Wildman–Crippen LogP) is 13.2. The molecule has 0 fully saturated rings. The van der Waals surface area contributed by atoms with Crippen LogP contribution in [0.15, 0.2) is 189 Å². The first-order chi connectivity index (χ1) is 37.1. The zero-order valence-corrected chi connectivity index (χ0v) is 38.8. The van der Waals surface area contributed by atoms with Gasteiger partial charge in [-0.1, -0.05) is 78.9 Å². The third-order valence-electron chi connectivity index (χ3n) is 12.1. The molecule has 0 aliphatic heterocycles. The molecule has 0 unspecified atom stereocenters. The fourth-order valence-electron chi connectivity index (χ4n) is 8.58. The second-order valence-electron chi connectivity index (χ2n) is 16.8. The predicted molar refractivity (Wildman–Crippen MR) is 278 cm³/mol. The molecule has 0 spiro atoms. The largest absolute Gasteiger partial charge is 0.434 e. The number of hydrogen-bond acceptors (Lipinski definition) is 17. The molecule has 18 heteroatoms. The molecule has 8 heterocycles. The number of aromatic nitrogens is 12. The molecule has 8 aromatic heterocycles. The lowest BCUT2D eigenvalue weighted by Crippen LogP contribution is -2.06. The van der Waals surface area contributed by atoms with Crippen LogP contribution < -0.4 is 28.4 Å². The summed E-state index contributed by atoms with van der Waals surface area (Å²) in [6, 6.07) is 50.4. The quantitative estimate of drug-likeness (QED) is 0.120. The van der Waals surface area contributed by atoms with Crippen molar-refractivity contribution in [2.24, 2.45) is 0 Å². The third-order valence-corrected chi connectivity index (χ3v) is 12.1. The van der Waals surface area contributed by atoms with Gasteiger partial charge in [0, 0.05) is 52.3 Å². The molecule has 14 rings (SSSR count). The van der Waals surface area contributed by atoms with Gasteiger partial charge in [0.25, 0.3) is 11.9 Å². The fraction of sp³-hybridized carbons (Fsp3) is 0. The normalized spacial score (nSPS) is 11.5. The molecule has 0 aliphatic rings. The Kier molecular flexibility index (Phi) is 10.3. The number of H-pyrrole nitrogens is 1. The number of benzene rings is 6. The van der Waals surface area contributed by atoms with E-state index < -0.39 is 0 Å². The number of aromatic amines is 1. The summed E-state index contributed by atoms with van der Waals surface area (Å²) in [4.78, 5) is 45.9. The van der Waals surface area contributed by atoms with Crippen molar-refractivity contribution < 1.29 is 28.4 Å². The Morgan fingerprint density at radius 1 is 0.347 bits per heavy atom. The van der Waals surface area contributed by atoms with Gasteiger partial charge in [-0.15, -0.1) is 10.2 Å². The number of para-hydroxylation sites is 6. The van der Waals surface area contributed by atoms with Gasteiger partial charge in [-0.3, -0.25) is 0 Å². The maximum atomic E-state index is 7.15. The van der Waals surface area contributed by atoms with E-state index in [0.717, 1.165) is 21.5 Å². The van der Waals surface area contributed by atoms with Gasteiger partial charge in [0.1, 0.15) is 10.9 Å². The monoisotopic (exact) mass is 980 g/mol. The van der Waals surface area contributed by atoms with Crippen molar-refractivity contribution in [1.82, 2.24) is 60.0 Å². The number of ether oxygens (including phenoxy) is 6. The van der Waals surface area contributed by atoms with Gasteiger partial charge in [-0.2, -0.15) is 15.0 Å². The minimum Gasteiger partial charge on any atom is -0.434 e. The molecule has 0 saturated heterocycles. The molecular weight excluding hydrogens is 949 g/mol. The summed E-state index contributed by atoms with van der Waals surface area (Å²) in [5.74, 6) is -0.155. The molecule has 0 bridgehead atoms. The highest BCUT2D eigenvalue weighted by atomic mass is 16.6. The van der Waals surface area contributed by atoms with Gasteiger partial charge in [0.15, 0.2) is 11.4 Å². The Balaban J connectivity index is 1.10. The summed E-state index contributed by atoms with van der Waals surface area (Å²) in [7, 11) is 0. The van der Waals surface area contributed by atoms with Crippen molar-refractivity contribution in [3.05, 3.63) is 189 Å². The van der Waals surface area contributed by atoms with Crippen LogP contribution >= 0.6 is 0 Å². The van der Waals surface area contributed by atoms with Crippen LogP contribution in [-0.2, 0) is 0 Å². The molecule has 18 nitrogen and oxygen atoms in total. The number of rotatable bonds is 12. The molecule has 75 heavy (non-hydrogen) atoms. The van der Waals surface area contributed by atoms with E-state index in [2.05, 4.69) is 25.0 Å². The molecule has 6 aromatic carbocycles. The number of imidazole rings is 1. The van der Waals surface area contributed by atoms with Gasteiger partial charge in [0.05, 0.1) is 39.3 Å². The highest BCUT2D eigenvalue weighted by Gasteiger charge is 2.35. The number of nitrogens with zero attached hydrogens (tertiary/aromatic N) is 11. The molecule has 14 aromatic rings. The van der Waals surface area contributed by atoms with Gasteiger partial charge in [-0.05, 0) is 78.2 Å². The van der Waals surface area contributed by atoms with Crippen molar-refractivity contribution in [2.45, 2.75) is 0 Å². The number of pyridine rings is 4. The van der Waals surface area contributed by atoms with E-state index in [1.165, 1.54) is 6.20 Å². The Bertz CT molecular complexity index is 4520. The maximum absolute atomic E-state index is 7.15. The van der Waals surface area contributed by atoms with Crippen molar-refractivity contribution in [1.29, 1.82) is 0 Å². The smallest absolute Gasteiger partial charge is 0.324 e. The average Bonchev–Trinajstić information content (AvgIpc) is 3.88. The highest BCUT2D eigenvalue weighted by Crippen LogP contribution is 2.58. The van der Waals surface area contributed by atoms with E-state index in [9.17, 15) is 0 Å². The van der Waals surface area contributed by atoms with Crippen LogP contribution in [0.25, 0.3) is 76.6 Å². The van der Waals surface area contributed by atoms with Crippen LogP contribution in [0.3, 0.4) is 0 Å². The summed E-state index contributed by atoms with van der Waals surface area (Å²) < 4.78 is 41.5. The molecule has 0 atom stereocenters. The third kappa shape index (κ3) is 8.11. The number of nitrogens with one attached hydrogen (secondary N) is 1. The summed E-state index contributed by atoms with van der Waals surface area (Å²) in [6.07, 6.45) is 6.41. The second kappa shape index (κ2) is 18.0. The molecular formula is C57H32N12O6. The Morgan fingerprint density at radius 2 is 1.03 bits per heavy atom. The van der Waals surface area contributed by atoms with Gasteiger partial charge < -0.3 is 33.4 Å². The number of hydrogen-bond donors (Lipinski definition) is 1. The average molecular weight is 981 g/mol. The van der Waals surface area contributed by atoms with E-state index in [1.54, 1.807) is 30.7 Å². The lowest BCUT2D eigenvalue weighted by molar-refractivity contribution is 0.351. The van der Waals surface area contributed by atoms with Crippen LogP contribution in [0.2, 0.25) is 0 Å². The maximum Gasteiger partial charge on any atom is 0.324 e. The zero-order valence-electron chi connectivity index (χ0n) is 38.8. The topological polar surface area (TPSA) is 213 Å². The van der Waals surface area contributed by atoms with Crippen LogP contribution in [0.5, 0.6) is 70.2 Å². The first kappa shape index (κ1) is 42.8. The van der Waals surface area contributed by atoms with Crippen molar-refractivity contribution in [3.63, 3.8) is 0 Å². The first-order valence-corrected chi connectivity index (χ1v) is 23.4. The minimum absolute atomic E-state index is 0.00826. The minimum atomic E-state index is -0.209. The Labute approximate surface area is 422 Å². The van der Waals surface area contributed by atoms with E-state index >= 15 is 0 Å². The zero-order chi connectivity index (χ0) is 49.7. The van der Waals surface area contributed by atoms with Gasteiger partial charge in [-0.25, -0.2) is 29.9 Å². The summed E-state index contributed by atoms with van der Waals surface area (Å²) in [6.45, 7) is 0. The Morgan fingerprint density at radius 3 is 1.91 bits per heavy atom. The lowest BCUT2D eigenvalue weighted by Gasteiger charge is -2.22. The molecule has 0 saturated carbocycles. The summed E-state index contributed by atoms with van der Waals surface area (Å²) in [5, 5.41) is 13.5. The van der Waals surface area contributed by atoms with Crippen molar-refractivity contribution in [3.8, 4) is 70.2 Å². The van der Waals surface area contributed by atoms with Crippen LogP contribution in [0.1, 0.15) is 0 Å². The van der Waals surface area contributed by atoms with E-state index in [0.29, 0.717) is 44.1 Å². The van der Waals surface area contributed by atoms with Crippen molar-refractivity contribution in [2.75, 3.05) is 0 Å². The lowest BCUT2D eigenvalue weighted by atomic mass is 10.1. The molecule has 356 valence electrons. The second-order valence-corrected chi connectivity index (χ2v) is 16.8. The number of fused-ring (bicyclic) bond motifs is 7. The van der Waals surface area contributed by atoms with Gasteiger partial charge in [0.2, 0.25) is 46.5 Å². The fourth-order valence-corrected chi connectivity index (χ4v) is 8.58. The van der Waals surface area contributed by atoms with Crippen molar-refractivity contribution >= 4 is 76.6 Å². The summed E-state index contributed by atoms with van der Waals surface area (Å²) >= 11 is 0. The first-order valence-electron chi connectivity index (χ1n) is 23.4. The van der Waals surface area contributed by atoms with E-state index in [-0.39, 0.29) is 81.1 Å². The SMILES string of the molecule is c1ccc2nc(Oc3c(Oc4nccc5ccccc45)c(Oc4ccc5cccnc5n4)c4c(Oc5cnc6ccccc6n5)c(Oc5ncc6ccccc6n5)nnc4c3Oc3nc4ccccc4[nH]3)ccc2c1. The van der Waals surface area contributed by atoms with Gasteiger partial charge >= 0.3 is 6.01 Å². The standard InChI is InChI=1S/C57H32N12O6/c1-4-16-36-32(12-1)27-29-59-54(36)73-51-48(70-44-26-24-34-15-11-28-58-53(34)67-44)46-47(50(74-57-65-41-21-9-10-22-42(41)66-57)52(51)71-43-25-23-33-13-2-5-17-37(33)62-43)68-69-55(75-56-61-30-35-14-3-6-18-38(35)64-56)49(46)72-45-31-60-39-19-7-8-20-40(39)63-45/h1-31H,(H,65,66).